The molecule has 2 aliphatic heterocycles. The van der Waals surface area contributed by atoms with Crippen LogP contribution in [-0.2, 0) is 4.74 Å². The van der Waals surface area contributed by atoms with E-state index in [1.54, 1.807) is 30.2 Å². The first kappa shape index (κ1) is 36.3. The number of ether oxygens (including phenoxy) is 3. The second-order valence-corrected chi connectivity index (χ2v) is 14.7. The van der Waals surface area contributed by atoms with Crippen molar-refractivity contribution in [1.29, 1.82) is 0 Å². The highest BCUT2D eigenvalue weighted by Crippen LogP contribution is 2.34. The normalized spacial score (nSPS) is 16.9. The molecule has 1 unspecified atom stereocenters. The van der Waals surface area contributed by atoms with Gasteiger partial charge >= 0.3 is 12.2 Å². The standard InChI is InChI=1S/2C19H25N3O3/c1-19(2,3)25-18(23)22-11-9-21(10-12-22)17-7-8-20-16-13-14(24-4)5-6-15(16)17;1-19(2,3)17-12-21(9-10-22(17)18(23)24)16-7-8-20-15-11-13(25-4)5-6-14(15)16/h5-8,13H,9-12H2,1-4H3;5-8,11,17H,9-10,12H2,1-4H3,(H,23,24). The van der Waals surface area contributed by atoms with E-state index in [4.69, 9.17) is 14.2 Å². The van der Waals surface area contributed by atoms with E-state index in [1.807, 2.05) is 75.5 Å². The van der Waals surface area contributed by atoms with Gasteiger partial charge in [0.15, 0.2) is 0 Å². The number of rotatable bonds is 4. The monoisotopic (exact) mass is 686 g/mol. The van der Waals surface area contributed by atoms with E-state index in [2.05, 4.69) is 40.5 Å². The Kier molecular flexibility index (Phi) is 10.8. The predicted molar refractivity (Wildman–Crippen MR) is 197 cm³/mol. The van der Waals surface area contributed by atoms with Gasteiger partial charge in [0.05, 0.1) is 31.3 Å². The fourth-order valence-corrected chi connectivity index (χ4v) is 6.46. The van der Waals surface area contributed by atoms with Crippen LogP contribution in [0.2, 0.25) is 0 Å². The molecule has 0 saturated carbocycles. The topological polar surface area (TPSA) is 121 Å². The fraction of sp³-hybridized carbons (Fsp3) is 0.474. The molecule has 2 fully saturated rings. The van der Waals surface area contributed by atoms with Crippen molar-refractivity contribution in [2.45, 2.75) is 53.2 Å². The summed E-state index contributed by atoms with van der Waals surface area (Å²) >= 11 is 0. The van der Waals surface area contributed by atoms with E-state index in [0.717, 1.165) is 57.8 Å². The molecule has 0 radical (unpaired) electrons. The van der Waals surface area contributed by atoms with Crippen molar-refractivity contribution in [3.8, 4) is 11.5 Å². The van der Waals surface area contributed by atoms with Crippen molar-refractivity contribution in [3.05, 3.63) is 60.9 Å². The number of carbonyl (C=O) groups is 2. The average Bonchev–Trinajstić information content (AvgIpc) is 3.09. The third-order valence-corrected chi connectivity index (χ3v) is 9.09. The Morgan fingerprint density at radius 1 is 0.720 bits per heavy atom. The average molecular weight is 687 g/mol. The molecule has 50 heavy (non-hydrogen) atoms. The molecule has 2 aromatic heterocycles. The summed E-state index contributed by atoms with van der Waals surface area (Å²) in [5.74, 6) is 1.58. The number of pyridine rings is 2. The molecule has 1 N–H and O–H groups in total. The maximum atomic E-state index is 12.2. The van der Waals surface area contributed by atoms with Gasteiger partial charge in [-0.2, -0.15) is 0 Å². The molecule has 268 valence electrons. The Bertz CT molecular complexity index is 1810. The lowest BCUT2D eigenvalue weighted by atomic mass is 9.84. The molecule has 12 nitrogen and oxygen atoms in total. The minimum atomic E-state index is -0.844. The van der Waals surface area contributed by atoms with Gasteiger partial charge in [-0.1, -0.05) is 20.8 Å². The number of fused-ring (bicyclic) bond motifs is 2. The van der Waals surface area contributed by atoms with E-state index in [0.29, 0.717) is 32.7 Å². The van der Waals surface area contributed by atoms with Crippen molar-refractivity contribution >= 4 is 45.4 Å². The molecule has 2 saturated heterocycles. The number of benzene rings is 2. The Morgan fingerprint density at radius 3 is 1.68 bits per heavy atom. The van der Waals surface area contributed by atoms with Gasteiger partial charge < -0.3 is 38.9 Å². The minimum Gasteiger partial charge on any atom is -0.497 e. The molecule has 1 atom stereocenters. The molecular weight excluding hydrogens is 636 g/mol. The lowest BCUT2D eigenvalue weighted by Gasteiger charge is -2.46. The molecular formula is C38H50N6O6. The van der Waals surface area contributed by atoms with Gasteiger partial charge in [0.2, 0.25) is 0 Å². The summed E-state index contributed by atoms with van der Waals surface area (Å²) in [5.41, 5.74) is 3.41. The number of hydrogen-bond acceptors (Lipinski definition) is 9. The Morgan fingerprint density at radius 2 is 1.22 bits per heavy atom. The van der Waals surface area contributed by atoms with Crippen LogP contribution < -0.4 is 19.3 Å². The second kappa shape index (κ2) is 14.9. The van der Waals surface area contributed by atoms with E-state index in [1.165, 1.54) is 0 Å². The van der Waals surface area contributed by atoms with Crippen LogP contribution in [0.4, 0.5) is 21.0 Å². The quantitative estimate of drug-likeness (QED) is 0.247. The third-order valence-electron chi connectivity index (χ3n) is 9.09. The van der Waals surface area contributed by atoms with E-state index in [-0.39, 0.29) is 17.6 Å². The highest BCUT2D eigenvalue weighted by molar-refractivity contribution is 5.93. The summed E-state index contributed by atoms with van der Waals surface area (Å²) in [4.78, 5) is 40.6. The summed E-state index contributed by atoms with van der Waals surface area (Å²) < 4.78 is 16.0. The third kappa shape index (κ3) is 8.40. The lowest BCUT2D eigenvalue weighted by molar-refractivity contribution is 0.0240. The summed E-state index contributed by atoms with van der Waals surface area (Å²) in [6.45, 7) is 16.6. The minimum absolute atomic E-state index is 0.0692. The van der Waals surface area contributed by atoms with Crippen molar-refractivity contribution in [2.24, 2.45) is 5.41 Å². The van der Waals surface area contributed by atoms with Crippen LogP contribution in [0.3, 0.4) is 0 Å². The van der Waals surface area contributed by atoms with Crippen LogP contribution >= 0.6 is 0 Å². The molecule has 4 aromatic rings. The van der Waals surface area contributed by atoms with Gasteiger partial charge in [0, 0.05) is 92.5 Å². The molecule has 0 spiro atoms. The first-order valence-electron chi connectivity index (χ1n) is 17.0. The molecule has 0 aliphatic carbocycles. The number of piperazine rings is 2. The number of amides is 2. The summed E-state index contributed by atoms with van der Waals surface area (Å²) in [5, 5.41) is 11.7. The Hall–Kier alpha value is -5.00. The zero-order valence-corrected chi connectivity index (χ0v) is 30.5. The molecule has 4 heterocycles. The van der Waals surface area contributed by atoms with Crippen LogP contribution in [-0.4, -0.2) is 109 Å². The van der Waals surface area contributed by atoms with Gasteiger partial charge in [-0.05, 0) is 62.6 Å². The molecule has 2 aromatic carbocycles. The summed E-state index contributed by atoms with van der Waals surface area (Å²) in [7, 11) is 3.30. The Balaban J connectivity index is 0.000000194. The first-order valence-corrected chi connectivity index (χ1v) is 17.0. The number of carbonyl (C=O) groups excluding carboxylic acids is 1. The van der Waals surface area contributed by atoms with Gasteiger partial charge in [-0.15, -0.1) is 0 Å². The van der Waals surface area contributed by atoms with Crippen molar-refractivity contribution < 1.29 is 28.9 Å². The van der Waals surface area contributed by atoms with Gasteiger partial charge in [-0.25, -0.2) is 9.59 Å². The van der Waals surface area contributed by atoms with Crippen molar-refractivity contribution in [3.63, 3.8) is 0 Å². The van der Waals surface area contributed by atoms with Crippen LogP contribution in [0, 0.1) is 5.41 Å². The van der Waals surface area contributed by atoms with Gasteiger partial charge in [0.25, 0.3) is 0 Å². The van der Waals surface area contributed by atoms with E-state index >= 15 is 0 Å². The molecule has 2 amide bonds. The predicted octanol–water partition coefficient (Wildman–Crippen LogP) is 6.76. The number of anilines is 2. The van der Waals surface area contributed by atoms with Crippen LogP contribution in [0.15, 0.2) is 60.9 Å². The molecule has 6 rings (SSSR count). The first-order chi connectivity index (χ1) is 23.7. The van der Waals surface area contributed by atoms with Crippen molar-refractivity contribution in [1.82, 2.24) is 19.8 Å². The molecule has 12 heteroatoms. The second-order valence-electron chi connectivity index (χ2n) is 14.7. The SMILES string of the molecule is COc1ccc2c(N3CCN(C(=O)O)C(C(C)(C)C)C3)ccnc2c1.COc1ccc2c(N3CCN(C(=O)OC(C)(C)C)CC3)ccnc2c1. The summed E-state index contributed by atoms with van der Waals surface area (Å²) in [6.07, 6.45) is 2.53. The highest BCUT2D eigenvalue weighted by Gasteiger charge is 2.38. The zero-order chi connectivity index (χ0) is 36.2. The number of carboxylic acid groups (broad SMARTS) is 1. The maximum Gasteiger partial charge on any atom is 0.410 e. The largest absolute Gasteiger partial charge is 0.497 e. The van der Waals surface area contributed by atoms with Crippen LogP contribution in [0.5, 0.6) is 11.5 Å². The molecule has 0 bridgehead atoms. The maximum absolute atomic E-state index is 12.2. The fourth-order valence-electron chi connectivity index (χ4n) is 6.46. The van der Waals surface area contributed by atoms with Gasteiger partial charge in [-0.3, -0.25) is 9.97 Å². The highest BCUT2D eigenvalue weighted by atomic mass is 16.6. The number of methoxy groups -OCH3 is 2. The number of nitrogens with zero attached hydrogens (tertiary/aromatic N) is 6. The zero-order valence-electron chi connectivity index (χ0n) is 30.5. The Labute approximate surface area is 294 Å². The lowest BCUT2D eigenvalue weighted by Crippen LogP contribution is -2.59. The van der Waals surface area contributed by atoms with E-state index in [9.17, 15) is 14.7 Å². The van der Waals surface area contributed by atoms with E-state index < -0.39 is 11.7 Å². The van der Waals surface area contributed by atoms with Crippen LogP contribution in [0.25, 0.3) is 21.8 Å². The van der Waals surface area contributed by atoms with Gasteiger partial charge in [0.1, 0.15) is 17.1 Å². The number of hydrogen-bond donors (Lipinski definition) is 1. The van der Waals surface area contributed by atoms with Crippen LogP contribution in [0.1, 0.15) is 41.5 Å². The van der Waals surface area contributed by atoms with Crippen molar-refractivity contribution in [2.75, 3.05) is 69.8 Å². The summed E-state index contributed by atoms with van der Waals surface area (Å²) in [6, 6.07) is 15.8. The number of aromatic nitrogens is 2. The smallest absolute Gasteiger partial charge is 0.410 e. The molecule has 2 aliphatic rings.